The summed E-state index contributed by atoms with van der Waals surface area (Å²) < 4.78 is 1.46. The molecule has 1 atom stereocenters. The number of rotatable bonds is 5. The van der Waals surface area contributed by atoms with Gasteiger partial charge in [-0.2, -0.15) is 5.10 Å². The topological polar surface area (TPSA) is 119 Å². The third kappa shape index (κ3) is 3.53. The van der Waals surface area contributed by atoms with Gasteiger partial charge in [0.1, 0.15) is 11.4 Å². The number of carbonyl (C=O) groups is 2. The summed E-state index contributed by atoms with van der Waals surface area (Å²) in [5.74, 6) is -1.92. The lowest BCUT2D eigenvalue weighted by molar-refractivity contribution is -0.386. The summed E-state index contributed by atoms with van der Waals surface area (Å²) in [5, 5.41) is 24.7. The van der Waals surface area contributed by atoms with Crippen LogP contribution in [0.3, 0.4) is 0 Å². The summed E-state index contributed by atoms with van der Waals surface area (Å²) in [6.45, 7) is 3.83. The summed E-state index contributed by atoms with van der Waals surface area (Å²) in [6.07, 6.45) is 0.0909. The Bertz CT molecular complexity index is 920. The van der Waals surface area contributed by atoms with Crippen LogP contribution in [-0.2, 0) is 22.7 Å². The van der Waals surface area contributed by atoms with Gasteiger partial charge in [-0.1, -0.05) is 24.3 Å². The van der Waals surface area contributed by atoms with Crippen LogP contribution in [-0.4, -0.2) is 43.1 Å². The number of aromatic nitrogens is 2. The molecule has 0 saturated heterocycles. The van der Waals surface area contributed by atoms with Gasteiger partial charge in [0.05, 0.1) is 17.4 Å². The first-order valence-electron chi connectivity index (χ1n) is 8.56. The highest BCUT2D eigenvalue weighted by Crippen LogP contribution is 2.29. The first-order valence-corrected chi connectivity index (χ1v) is 8.56. The number of hydrogen-bond donors (Lipinski definition) is 1. The average Bonchev–Trinajstić information content (AvgIpc) is 2.92. The number of nitrogens with zero attached hydrogens (tertiary/aromatic N) is 4. The maximum atomic E-state index is 12.6. The minimum atomic E-state index is -0.964. The number of aryl methyl sites for hydroxylation is 2. The number of carboxylic acid groups (broad SMARTS) is 1. The van der Waals surface area contributed by atoms with Crippen molar-refractivity contribution in [2.75, 3.05) is 6.54 Å². The van der Waals surface area contributed by atoms with E-state index in [0.29, 0.717) is 17.9 Å². The van der Waals surface area contributed by atoms with Crippen LogP contribution in [0, 0.1) is 24.0 Å². The SMILES string of the molecule is Cc1nn(CCC(=O)N2Cc3ccccc3C(C(=O)O)C2)c(C)c1[N+](=O)[O-]. The van der Waals surface area contributed by atoms with Crippen molar-refractivity contribution < 1.29 is 19.6 Å². The Morgan fingerprint density at radius 3 is 2.67 bits per heavy atom. The van der Waals surface area contributed by atoms with Crippen LogP contribution < -0.4 is 0 Å². The van der Waals surface area contributed by atoms with Crippen LogP contribution in [0.5, 0.6) is 0 Å². The van der Waals surface area contributed by atoms with Gasteiger partial charge in [-0.05, 0) is 25.0 Å². The lowest BCUT2D eigenvalue weighted by atomic mass is 9.89. The minimum Gasteiger partial charge on any atom is -0.481 e. The lowest BCUT2D eigenvalue weighted by Gasteiger charge is -2.33. The van der Waals surface area contributed by atoms with Gasteiger partial charge in [-0.25, -0.2) is 0 Å². The van der Waals surface area contributed by atoms with Gasteiger partial charge >= 0.3 is 11.7 Å². The van der Waals surface area contributed by atoms with Crippen molar-refractivity contribution in [1.29, 1.82) is 0 Å². The number of carboxylic acids is 1. The monoisotopic (exact) mass is 372 g/mol. The van der Waals surface area contributed by atoms with Crippen molar-refractivity contribution in [3.8, 4) is 0 Å². The van der Waals surface area contributed by atoms with Crippen LogP contribution in [0.1, 0.15) is 34.9 Å². The summed E-state index contributed by atoms with van der Waals surface area (Å²) in [6, 6.07) is 7.22. The fraction of sp³-hybridized carbons (Fsp3) is 0.389. The molecule has 9 nitrogen and oxygen atoms in total. The van der Waals surface area contributed by atoms with Gasteiger partial charge < -0.3 is 10.0 Å². The second-order valence-electron chi connectivity index (χ2n) is 6.61. The Kier molecular flexibility index (Phi) is 4.93. The van der Waals surface area contributed by atoms with Crippen molar-refractivity contribution in [3.63, 3.8) is 0 Å². The van der Waals surface area contributed by atoms with E-state index in [4.69, 9.17) is 0 Å². The molecule has 0 spiro atoms. The summed E-state index contributed by atoms with van der Waals surface area (Å²) in [5.41, 5.74) is 2.23. The van der Waals surface area contributed by atoms with Crippen molar-refractivity contribution in [3.05, 3.63) is 56.9 Å². The highest BCUT2D eigenvalue weighted by Gasteiger charge is 2.32. The second kappa shape index (κ2) is 7.18. The Morgan fingerprint density at radius 2 is 2.04 bits per heavy atom. The highest BCUT2D eigenvalue weighted by molar-refractivity contribution is 5.81. The fourth-order valence-corrected chi connectivity index (χ4v) is 3.54. The molecule has 1 amide bonds. The zero-order chi connectivity index (χ0) is 19.7. The fourth-order valence-electron chi connectivity index (χ4n) is 3.54. The molecule has 1 aliphatic rings. The average molecular weight is 372 g/mol. The van der Waals surface area contributed by atoms with Crippen molar-refractivity contribution in [2.24, 2.45) is 0 Å². The van der Waals surface area contributed by atoms with Crippen LogP contribution in [0.4, 0.5) is 5.69 Å². The number of carbonyl (C=O) groups excluding carboxylic acids is 1. The highest BCUT2D eigenvalue weighted by atomic mass is 16.6. The molecule has 1 unspecified atom stereocenters. The Labute approximate surface area is 155 Å². The zero-order valence-corrected chi connectivity index (χ0v) is 15.1. The van der Waals surface area contributed by atoms with E-state index in [0.717, 1.165) is 11.1 Å². The molecule has 3 rings (SSSR count). The van der Waals surface area contributed by atoms with E-state index >= 15 is 0 Å². The Balaban J connectivity index is 1.73. The van der Waals surface area contributed by atoms with E-state index in [-0.39, 0.29) is 31.1 Å². The van der Waals surface area contributed by atoms with Gasteiger partial charge in [-0.3, -0.25) is 24.4 Å². The molecular formula is C18H20N4O5. The van der Waals surface area contributed by atoms with Crippen LogP contribution >= 0.6 is 0 Å². The predicted octanol–water partition coefficient (Wildman–Crippen LogP) is 2.01. The molecule has 27 heavy (non-hydrogen) atoms. The van der Waals surface area contributed by atoms with E-state index in [1.165, 1.54) is 9.58 Å². The first kappa shape index (κ1) is 18.6. The van der Waals surface area contributed by atoms with Gasteiger partial charge in [0, 0.05) is 19.5 Å². The molecule has 0 bridgehead atoms. The first-order chi connectivity index (χ1) is 12.8. The quantitative estimate of drug-likeness (QED) is 0.633. The standard InChI is InChI=1S/C18H20N4O5/c1-11-17(22(26)27)12(2)21(19-11)8-7-16(23)20-9-13-5-3-4-6-14(13)15(10-20)18(24)25/h3-6,15H,7-10H2,1-2H3,(H,24,25). The third-order valence-corrected chi connectivity index (χ3v) is 4.91. The van der Waals surface area contributed by atoms with E-state index in [9.17, 15) is 24.8 Å². The largest absolute Gasteiger partial charge is 0.481 e. The van der Waals surface area contributed by atoms with Gasteiger partial charge in [-0.15, -0.1) is 0 Å². The molecule has 1 aliphatic heterocycles. The number of aliphatic carboxylic acids is 1. The number of nitro groups is 1. The van der Waals surface area contributed by atoms with Crippen LogP contribution in [0.25, 0.3) is 0 Å². The third-order valence-electron chi connectivity index (χ3n) is 4.91. The maximum absolute atomic E-state index is 12.6. The molecule has 1 aromatic carbocycles. The summed E-state index contributed by atoms with van der Waals surface area (Å²) in [7, 11) is 0. The molecular weight excluding hydrogens is 352 g/mol. The van der Waals surface area contributed by atoms with Crippen LogP contribution in [0.2, 0.25) is 0 Å². The van der Waals surface area contributed by atoms with Crippen molar-refractivity contribution in [2.45, 2.75) is 39.3 Å². The normalized spacial score (nSPS) is 16.1. The predicted molar refractivity (Wildman–Crippen MR) is 95.2 cm³/mol. The second-order valence-corrected chi connectivity index (χ2v) is 6.61. The molecule has 9 heteroatoms. The van der Waals surface area contributed by atoms with Gasteiger partial charge in [0.2, 0.25) is 5.91 Å². The molecule has 142 valence electrons. The van der Waals surface area contributed by atoms with Gasteiger partial charge in [0.25, 0.3) is 0 Å². The molecule has 0 radical (unpaired) electrons. The van der Waals surface area contributed by atoms with E-state index in [1.54, 1.807) is 26.0 Å². The molecule has 1 N–H and O–H groups in total. The Morgan fingerprint density at radius 1 is 1.33 bits per heavy atom. The van der Waals surface area contributed by atoms with Gasteiger partial charge in [0.15, 0.2) is 0 Å². The molecule has 0 aliphatic carbocycles. The maximum Gasteiger partial charge on any atom is 0.312 e. The van der Waals surface area contributed by atoms with E-state index in [2.05, 4.69) is 5.10 Å². The van der Waals surface area contributed by atoms with Crippen molar-refractivity contribution in [1.82, 2.24) is 14.7 Å². The Hall–Kier alpha value is -3.23. The molecule has 0 saturated carbocycles. The number of fused-ring (bicyclic) bond motifs is 1. The number of hydrogen-bond acceptors (Lipinski definition) is 5. The molecule has 2 heterocycles. The lowest BCUT2D eigenvalue weighted by Crippen LogP contribution is -2.40. The molecule has 0 fully saturated rings. The summed E-state index contributed by atoms with van der Waals surface area (Å²) >= 11 is 0. The van der Waals surface area contributed by atoms with E-state index < -0.39 is 16.8 Å². The molecule has 2 aromatic rings. The summed E-state index contributed by atoms with van der Waals surface area (Å²) in [4.78, 5) is 36.4. The minimum absolute atomic E-state index is 0.0414. The number of amides is 1. The van der Waals surface area contributed by atoms with Crippen LogP contribution in [0.15, 0.2) is 24.3 Å². The smallest absolute Gasteiger partial charge is 0.312 e. The van der Waals surface area contributed by atoms with Crippen molar-refractivity contribution >= 4 is 17.6 Å². The van der Waals surface area contributed by atoms with E-state index in [1.807, 2.05) is 12.1 Å². The zero-order valence-electron chi connectivity index (χ0n) is 15.1. The number of benzene rings is 1. The molecule has 1 aromatic heterocycles.